The van der Waals surface area contributed by atoms with Gasteiger partial charge in [0.15, 0.2) is 0 Å². The second-order valence-electron chi connectivity index (χ2n) is 4.24. The van der Waals surface area contributed by atoms with Crippen LogP contribution in [0.1, 0.15) is 32.8 Å². The highest BCUT2D eigenvalue weighted by molar-refractivity contribution is 5.39. The van der Waals surface area contributed by atoms with E-state index >= 15 is 0 Å². The summed E-state index contributed by atoms with van der Waals surface area (Å²) < 4.78 is 5.44. The SMILES string of the molecule is CCCOc1ccc(CC(C)C)c(O)c1. The van der Waals surface area contributed by atoms with Gasteiger partial charge in [-0.05, 0) is 30.4 Å². The summed E-state index contributed by atoms with van der Waals surface area (Å²) >= 11 is 0. The number of aromatic hydroxyl groups is 1. The van der Waals surface area contributed by atoms with Crippen LogP contribution in [-0.2, 0) is 6.42 Å². The predicted molar refractivity (Wildman–Crippen MR) is 62.4 cm³/mol. The summed E-state index contributed by atoms with van der Waals surface area (Å²) in [5.41, 5.74) is 0.994. The number of phenolic OH excluding ortho intramolecular Hbond substituents is 1. The standard InChI is InChI=1S/C13H20O2/c1-4-7-15-12-6-5-11(8-10(2)3)13(14)9-12/h5-6,9-10,14H,4,7-8H2,1-3H3. The Morgan fingerprint density at radius 1 is 1.33 bits per heavy atom. The van der Waals surface area contributed by atoms with Crippen molar-refractivity contribution in [3.8, 4) is 11.5 Å². The van der Waals surface area contributed by atoms with E-state index in [0.717, 1.165) is 24.2 Å². The maximum Gasteiger partial charge on any atom is 0.122 e. The molecule has 0 radical (unpaired) electrons. The van der Waals surface area contributed by atoms with Crippen LogP contribution in [0.15, 0.2) is 18.2 Å². The van der Waals surface area contributed by atoms with Crippen LogP contribution in [0.5, 0.6) is 11.5 Å². The largest absolute Gasteiger partial charge is 0.508 e. The van der Waals surface area contributed by atoms with E-state index in [-0.39, 0.29) is 0 Å². The zero-order valence-corrected chi connectivity index (χ0v) is 9.79. The summed E-state index contributed by atoms with van der Waals surface area (Å²) in [5, 5.41) is 9.76. The highest BCUT2D eigenvalue weighted by atomic mass is 16.5. The van der Waals surface area contributed by atoms with Crippen molar-refractivity contribution in [3.63, 3.8) is 0 Å². The van der Waals surface area contributed by atoms with Crippen molar-refractivity contribution in [2.75, 3.05) is 6.61 Å². The van der Waals surface area contributed by atoms with Gasteiger partial charge in [0.2, 0.25) is 0 Å². The summed E-state index contributed by atoms with van der Waals surface area (Å²) in [6.07, 6.45) is 1.88. The van der Waals surface area contributed by atoms with Gasteiger partial charge in [-0.2, -0.15) is 0 Å². The second kappa shape index (κ2) is 5.64. The molecule has 0 amide bonds. The monoisotopic (exact) mass is 208 g/mol. The van der Waals surface area contributed by atoms with Gasteiger partial charge in [0.1, 0.15) is 11.5 Å². The van der Waals surface area contributed by atoms with E-state index in [1.807, 2.05) is 12.1 Å². The molecule has 1 aromatic rings. The summed E-state index contributed by atoms with van der Waals surface area (Å²) in [5.74, 6) is 1.65. The molecule has 0 fully saturated rings. The molecule has 0 aliphatic carbocycles. The number of ether oxygens (including phenoxy) is 1. The molecule has 0 saturated carbocycles. The van der Waals surface area contributed by atoms with E-state index in [4.69, 9.17) is 4.74 Å². The zero-order chi connectivity index (χ0) is 11.3. The second-order valence-corrected chi connectivity index (χ2v) is 4.24. The average molecular weight is 208 g/mol. The van der Waals surface area contributed by atoms with E-state index in [2.05, 4.69) is 20.8 Å². The fourth-order valence-corrected chi connectivity index (χ4v) is 1.47. The zero-order valence-electron chi connectivity index (χ0n) is 9.79. The molecule has 0 aliphatic rings. The van der Waals surface area contributed by atoms with E-state index in [1.54, 1.807) is 6.07 Å². The third kappa shape index (κ3) is 3.82. The van der Waals surface area contributed by atoms with Crippen LogP contribution in [0.2, 0.25) is 0 Å². The Hall–Kier alpha value is -1.18. The molecule has 0 aliphatic heterocycles. The quantitative estimate of drug-likeness (QED) is 0.803. The molecule has 0 unspecified atom stereocenters. The molecular weight excluding hydrogens is 188 g/mol. The van der Waals surface area contributed by atoms with E-state index < -0.39 is 0 Å². The Kier molecular flexibility index (Phi) is 4.47. The van der Waals surface area contributed by atoms with Crippen molar-refractivity contribution < 1.29 is 9.84 Å². The Morgan fingerprint density at radius 2 is 2.07 bits per heavy atom. The van der Waals surface area contributed by atoms with Crippen LogP contribution in [0.25, 0.3) is 0 Å². The van der Waals surface area contributed by atoms with Gasteiger partial charge >= 0.3 is 0 Å². The molecule has 15 heavy (non-hydrogen) atoms. The lowest BCUT2D eigenvalue weighted by Crippen LogP contribution is -1.97. The summed E-state index contributed by atoms with van der Waals surface area (Å²) in [6, 6.07) is 5.57. The smallest absolute Gasteiger partial charge is 0.122 e. The average Bonchev–Trinajstić information content (AvgIpc) is 2.18. The Morgan fingerprint density at radius 3 is 2.60 bits per heavy atom. The summed E-state index contributed by atoms with van der Waals surface area (Å²) in [4.78, 5) is 0. The fourth-order valence-electron chi connectivity index (χ4n) is 1.47. The van der Waals surface area contributed by atoms with E-state index in [1.165, 1.54) is 0 Å². The minimum absolute atomic E-state index is 0.345. The maximum absolute atomic E-state index is 9.76. The predicted octanol–water partition coefficient (Wildman–Crippen LogP) is 3.38. The number of hydrogen-bond donors (Lipinski definition) is 1. The minimum Gasteiger partial charge on any atom is -0.508 e. The first-order chi connectivity index (χ1) is 7.13. The molecule has 1 N–H and O–H groups in total. The lowest BCUT2D eigenvalue weighted by atomic mass is 10.0. The molecule has 0 saturated heterocycles. The van der Waals surface area contributed by atoms with Crippen molar-refractivity contribution in [3.05, 3.63) is 23.8 Å². The summed E-state index contributed by atoms with van der Waals surface area (Å²) in [6.45, 7) is 7.04. The first-order valence-corrected chi connectivity index (χ1v) is 5.58. The first kappa shape index (κ1) is 11.9. The van der Waals surface area contributed by atoms with E-state index in [9.17, 15) is 5.11 Å². The van der Waals surface area contributed by atoms with Gasteiger partial charge in [0.25, 0.3) is 0 Å². The number of hydrogen-bond acceptors (Lipinski definition) is 2. The molecular formula is C13H20O2. The molecule has 1 rings (SSSR count). The fraction of sp³-hybridized carbons (Fsp3) is 0.538. The Balaban J connectivity index is 2.70. The number of benzene rings is 1. The van der Waals surface area contributed by atoms with Gasteiger partial charge in [-0.3, -0.25) is 0 Å². The highest BCUT2D eigenvalue weighted by Crippen LogP contribution is 2.25. The van der Waals surface area contributed by atoms with Crippen molar-refractivity contribution in [1.29, 1.82) is 0 Å². The third-order valence-corrected chi connectivity index (χ3v) is 2.16. The van der Waals surface area contributed by atoms with Gasteiger partial charge in [-0.25, -0.2) is 0 Å². The van der Waals surface area contributed by atoms with Crippen LogP contribution in [0, 0.1) is 5.92 Å². The van der Waals surface area contributed by atoms with Crippen molar-refractivity contribution >= 4 is 0 Å². The molecule has 0 atom stereocenters. The highest BCUT2D eigenvalue weighted by Gasteiger charge is 2.05. The van der Waals surface area contributed by atoms with E-state index in [0.29, 0.717) is 18.3 Å². The molecule has 84 valence electrons. The summed E-state index contributed by atoms with van der Waals surface area (Å²) in [7, 11) is 0. The maximum atomic E-state index is 9.76. The molecule has 2 nitrogen and oxygen atoms in total. The molecule has 1 aromatic carbocycles. The van der Waals surface area contributed by atoms with Gasteiger partial charge in [-0.15, -0.1) is 0 Å². The molecule has 0 spiro atoms. The third-order valence-electron chi connectivity index (χ3n) is 2.16. The van der Waals surface area contributed by atoms with Crippen LogP contribution in [-0.4, -0.2) is 11.7 Å². The molecule has 0 heterocycles. The number of phenols is 1. The Labute approximate surface area is 91.9 Å². The van der Waals surface area contributed by atoms with Crippen LogP contribution in [0.4, 0.5) is 0 Å². The normalized spacial score (nSPS) is 10.7. The van der Waals surface area contributed by atoms with Gasteiger partial charge in [0.05, 0.1) is 6.61 Å². The lowest BCUT2D eigenvalue weighted by molar-refractivity contribution is 0.315. The van der Waals surface area contributed by atoms with Crippen LogP contribution < -0.4 is 4.74 Å². The van der Waals surface area contributed by atoms with Crippen LogP contribution in [0.3, 0.4) is 0 Å². The van der Waals surface area contributed by atoms with Crippen LogP contribution >= 0.6 is 0 Å². The van der Waals surface area contributed by atoms with Crippen molar-refractivity contribution in [2.45, 2.75) is 33.6 Å². The minimum atomic E-state index is 0.345. The molecule has 0 aromatic heterocycles. The van der Waals surface area contributed by atoms with Gasteiger partial charge in [-0.1, -0.05) is 26.8 Å². The van der Waals surface area contributed by atoms with Gasteiger partial charge in [0, 0.05) is 6.07 Å². The lowest BCUT2D eigenvalue weighted by Gasteiger charge is -2.10. The van der Waals surface area contributed by atoms with Gasteiger partial charge < -0.3 is 9.84 Å². The first-order valence-electron chi connectivity index (χ1n) is 5.58. The molecule has 2 heteroatoms. The molecule has 0 bridgehead atoms. The van der Waals surface area contributed by atoms with Crippen molar-refractivity contribution in [1.82, 2.24) is 0 Å². The topological polar surface area (TPSA) is 29.5 Å². The number of rotatable bonds is 5. The Bertz CT molecular complexity index is 305. The van der Waals surface area contributed by atoms with Crippen molar-refractivity contribution in [2.24, 2.45) is 5.92 Å².